The van der Waals surface area contributed by atoms with Crippen molar-refractivity contribution in [1.82, 2.24) is 21.3 Å². The molecular weight excluding hydrogens is 1720 g/mol. The zero-order valence-electron chi connectivity index (χ0n) is 44.6. The molecular formula is C49H64I6N6O18. The monoisotopic (exact) mass is 1790 g/mol. The van der Waals surface area contributed by atoms with E-state index < -0.39 is 114 Å². The summed E-state index contributed by atoms with van der Waals surface area (Å²) in [6.07, 6.45) is -5.62. The minimum atomic E-state index is -1.20. The fourth-order valence-corrected chi connectivity index (χ4v) is 17.9. The van der Waals surface area contributed by atoms with Gasteiger partial charge in [-0.25, -0.2) is 0 Å². The number of aliphatic hydroxyl groups excluding tert-OH is 4. The maximum atomic E-state index is 14.7. The van der Waals surface area contributed by atoms with Gasteiger partial charge in [0.25, 0.3) is 23.6 Å². The van der Waals surface area contributed by atoms with E-state index in [1.165, 1.54) is 14.1 Å². The molecule has 8 atom stereocenters. The van der Waals surface area contributed by atoms with E-state index in [1.807, 2.05) is 136 Å². The lowest BCUT2D eigenvalue weighted by atomic mass is 10.0. The summed E-state index contributed by atoms with van der Waals surface area (Å²) in [5.74, 6) is -8.85. The Kier molecular flexibility index (Phi) is 23.2. The number of amides is 6. The third-order valence-electron chi connectivity index (χ3n) is 13.2. The van der Waals surface area contributed by atoms with Crippen LogP contribution in [0.25, 0.3) is 0 Å². The molecule has 4 unspecified atom stereocenters. The van der Waals surface area contributed by atoms with Gasteiger partial charge in [0.1, 0.15) is 6.42 Å². The van der Waals surface area contributed by atoms with Gasteiger partial charge in [-0.2, -0.15) is 0 Å². The third-order valence-corrected chi connectivity index (χ3v) is 19.5. The van der Waals surface area contributed by atoms with Crippen LogP contribution in [-0.4, -0.2) is 195 Å². The van der Waals surface area contributed by atoms with Crippen LogP contribution in [-0.2, 0) is 47.5 Å². The number of ether oxygens (including phenoxy) is 8. The molecule has 8 N–H and O–H groups in total. The van der Waals surface area contributed by atoms with Crippen LogP contribution in [0.4, 0.5) is 11.4 Å². The average Bonchev–Trinajstić information content (AvgIpc) is 3.71. The predicted molar refractivity (Wildman–Crippen MR) is 334 cm³/mol. The van der Waals surface area contributed by atoms with Crippen LogP contribution >= 0.6 is 136 Å². The lowest BCUT2D eigenvalue weighted by Crippen LogP contribution is -2.48. The van der Waals surface area contributed by atoms with Gasteiger partial charge >= 0.3 is 0 Å². The van der Waals surface area contributed by atoms with Crippen molar-refractivity contribution in [2.45, 2.75) is 134 Å². The number of carbonyl (C=O) groups excluding carboxylic acids is 6. The van der Waals surface area contributed by atoms with E-state index in [9.17, 15) is 49.2 Å². The molecule has 0 aliphatic carbocycles. The highest BCUT2D eigenvalue weighted by Gasteiger charge is 2.41. The van der Waals surface area contributed by atoms with Crippen LogP contribution in [0, 0.1) is 21.4 Å². The first-order valence-corrected chi connectivity index (χ1v) is 31.1. The molecule has 4 heterocycles. The summed E-state index contributed by atoms with van der Waals surface area (Å²) in [4.78, 5) is 89.9. The zero-order chi connectivity index (χ0) is 59.0. The zero-order valence-corrected chi connectivity index (χ0v) is 57.6. The fraction of sp³-hybridized carbons (Fsp3) is 0.633. The molecule has 6 rings (SSSR count). The van der Waals surface area contributed by atoms with Crippen molar-refractivity contribution >= 4 is 182 Å². The van der Waals surface area contributed by atoms with Crippen molar-refractivity contribution < 1.29 is 87.1 Å². The van der Waals surface area contributed by atoms with Gasteiger partial charge in [-0.15, -0.1) is 0 Å². The number of aliphatic hydroxyl groups is 4. The number of hydrogen-bond donors (Lipinski definition) is 8. The van der Waals surface area contributed by atoms with Crippen molar-refractivity contribution in [3.8, 4) is 0 Å². The Morgan fingerprint density at radius 1 is 0.392 bits per heavy atom. The van der Waals surface area contributed by atoms with Gasteiger partial charge in [0, 0.05) is 21.2 Å². The van der Waals surface area contributed by atoms with Gasteiger partial charge in [-0.1, -0.05) is 0 Å². The molecule has 79 heavy (non-hydrogen) atoms. The Bertz CT molecular complexity index is 2370. The molecule has 0 bridgehead atoms. The molecule has 4 fully saturated rings. The Morgan fingerprint density at radius 2 is 0.582 bits per heavy atom. The number of hydrogen-bond acceptors (Lipinski definition) is 18. The number of nitrogens with one attached hydrogen (secondary N) is 4. The van der Waals surface area contributed by atoms with E-state index in [1.54, 1.807) is 55.4 Å². The molecule has 0 saturated carbocycles. The minimum absolute atomic E-state index is 0.0541. The van der Waals surface area contributed by atoms with Gasteiger partial charge < -0.3 is 89.4 Å². The Hall–Kier alpha value is -0.840. The number of anilines is 2. The van der Waals surface area contributed by atoms with Crippen LogP contribution < -0.4 is 31.1 Å². The molecule has 4 saturated heterocycles. The first-order chi connectivity index (χ1) is 36.6. The van der Waals surface area contributed by atoms with Gasteiger partial charge in [-0.05, 0) is 191 Å². The molecule has 0 radical (unpaired) electrons. The Morgan fingerprint density at radius 3 is 0.785 bits per heavy atom. The average molecular weight is 1790 g/mol. The molecule has 0 spiro atoms. The summed E-state index contributed by atoms with van der Waals surface area (Å²) in [6.45, 7) is 12.1. The van der Waals surface area contributed by atoms with Crippen LogP contribution in [0.15, 0.2) is 0 Å². The summed E-state index contributed by atoms with van der Waals surface area (Å²) >= 11 is 11.3. The van der Waals surface area contributed by atoms with E-state index in [0.29, 0.717) is 0 Å². The molecule has 6 amide bonds. The van der Waals surface area contributed by atoms with Gasteiger partial charge in [0.15, 0.2) is 23.1 Å². The summed E-state index contributed by atoms with van der Waals surface area (Å²) < 4.78 is 47.0. The molecule has 30 heteroatoms. The van der Waals surface area contributed by atoms with Crippen molar-refractivity contribution in [3.05, 3.63) is 43.7 Å². The SMILES string of the molecule is CN(C(=O)CC(=O)N(C)c1c(I)c(C(=O)NC2COC(C)(C)OC[C@H]2O)c(I)c(C(=O)NC2COC(C)(C)OC[C@@H]2O)c1I)c1c(I)c(C(=O)NC2COC(C)(C)OC[C@H]2O)c(I)c(C(=O)NC2COC(C)(C)OC[C@@H]2O)c1I. The second-order valence-corrected chi connectivity index (χ2v) is 27.3. The molecule has 24 nitrogen and oxygen atoms in total. The smallest absolute Gasteiger partial charge is 0.253 e. The van der Waals surface area contributed by atoms with Crippen LogP contribution in [0.5, 0.6) is 0 Å². The highest BCUT2D eigenvalue weighted by molar-refractivity contribution is 14.1. The highest BCUT2D eigenvalue weighted by atomic mass is 127. The number of nitrogens with zero attached hydrogens (tertiary/aromatic N) is 2. The second kappa shape index (κ2) is 27.2. The van der Waals surface area contributed by atoms with Crippen molar-refractivity contribution in [2.75, 3.05) is 76.8 Å². The fourth-order valence-electron chi connectivity index (χ4n) is 8.20. The molecule has 2 aromatic rings. The second-order valence-electron chi connectivity index (χ2n) is 20.8. The normalized spacial score (nSPS) is 26.7. The molecule has 0 aromatic heterocycles. The summed E-state index contributed by atoms with van der Waals surface area (Å²) in [5.41, 5.74) is -0.0870. The Balaban J connectivity index is 1.38. The van der Waals surface area contributed by atoms with Gasteiger partial charge in [0.05, 0.1) is 149 Å². The topological polar surface area (TPSA) is 312 Å². The number of carbonyl (C=O) groups is 6. The van der Waals surface area contributed by atoms with Crippen LogP contribution in [0.1, 0.15) is 103 Å². The summed E-state index contributed by atoms with van der Waals surface area (Å²) in [7, 11) is 2.74. The maximum absolute atomic E-state index is 14.7. The summed E-state index contributed by atoms with van der Waals surface area (Å²) in [6, 6.07) is -3.89. The van der Waals surface area contributed by atoms with Crippen LogP contribution in [0.3, 0.4) is 0 Å². The number of halogens is 6. The van der Waals surface area contributed by atoms with Gasteiger partial charge in [0.2, 0.25) is 11.8 Å². The standard InChI is InChI=1S/C49H64I6N6O18/c1-46(2)72-12-20(24(62)16-76-46)56-42(68)30-34(50)31(43(69)57-21-13-73-47(3,4)77-17-25(21)63)37(53)40(36(30)52)60(9)28(66)11-29(67)61(10)41-38(54)32(44(70)58-22-14-74-48(5,6)78-18-26(22)64)35(51)33(39(41)55)45(71)59-23-15-75-49(7,8)79-19-27(23)65/h20-27,62-65H,11-19H2,1-10H3,(H,56,68)(H,57,69)(H,58,70)(H,59,71)/t20?,21?,22?,23?,24-,25+,26-,27+. The van der Waals surface area contributed by atoms with Crippen molar-refractivity contribution in [3.63, 3.8) is 0 Å². The lowest BCUT2D eigenvalue weighted by Gasteiger charge is -2.29. The minimum Gasteiger partial charge on any atom is -0.388 e. The van der Waals surface area contributed by atoms with E-state index >= 15 is 0 Å². The van der Waals surface area contributed by atoms with E-state index in [2.05, 4.69) is 21.3 Å². The third kappa shape index (κ3) is 16.4. The molecule has 4 aliphatic heterocycles. The first kappa shape index (κ1) is 67.3. The number of benzene rings is 2. The highest BCUT2D eigenvalue weighted by Crippen LogP contribution is 2.41. The first-order valence-electron chi connectivity index (χ1n) is 24.6. The quantitative estimate of drug-likeness (QED) is 0.112. The largest absolute Gasteiger partial charge is 0.388 e. The predicted octanol–water partition coefficient (Wildman–Crippen LogP) is 3.30. The Labute approximate surface area is 538 Å². The van der Waals surface area contributed by atoms with Gasteiger partial charge in [-0.3, -0.25) is 28.8 Å². The molecule has 2 aromatic carbocycles. The maximum Gasteiger partial charge on any atom is 0.253 e. The van der Waals surface area contributed by atoms with E-state index in [-0.39, 0.29) is 108 Å². The number of rotatable bonds is 12. The molecule has 4 aliphatic rings. The summed E-state index contributed by atoms with van der Waals surface area (Å²) in [5, 5.41) is 55.4. The van der Waals surface area contributed by atoms with Crippen molar-refractivity contribution in [1.29, 1.82) is 0 Å². The van der Waals surface area contributed by atoms with Crippen molar-refractivity contribution in [2.24, 2.45) is 0 Å². The van der Waals surface area contributed by atoms with E-state index in [4.69, 9.17) is 37.9 Å². The van der Waals surface area contributed by atoms with E-state index in [0.717, 1.165) is 9.80 Å². The van der Waals surface area contributed by atoms with Crippen LogP contribution in [0.2, 0.25) is 0 Å². The molecule has 440 valence electrons. The lowest BCUT2D eigenvalue weighted by molar-refractivity contribution is -0.204.